The number of ether oxygens (including phenoxy) is 1. The minimum absolute atomic E-state index is 0.135. The van der Waals surface area contributed by atoms with Crippen molar-refractivity contribution in [3.05, 3.63) is 60.4 Å². The van der Waals surface area contributed by atoms with Gasteiger partial charge in [0, 0.05) is 40.8 Å². The number of pyridine rings is 1. The van der Waals surface area contributed by atoms with Crippen LogP contribution in [0.1, 0.15) is 37.3 Å². The van der Waals surface area contributed by atoms with E-state index < -0.39 is 0 Å². The number of nitrogen functional groups attached to an aromatic ring is 1. The van der Waals surface area contributed by atoms with E-state index in [1.54, 1.807) is 12.4 Å². The van der Waals surface area contributed by atoms with Crippen LogP contribution in [0.25, 0.3) is 10.8 Å². The highest BCUT2D eigenvalue weighted by Gasteiger charge is 2.46. The van der Waals surface area contributed by atoms with Crippen LogP contribution in [0.4, 0.5) is 16.2 Å². The molecule has 1 fully saturated rings. The van der Waals surface area contributed by atoms with Gasteiger partial charge >= 0.3 is 6.03 Å². The Morgan fingerprint density at radius 2 is 2.11 bits per heavy atom. The third-order valence-corrected chi connectivity index (χ3v) is 5.81. The summed E-state index contributed by atoms with van der Waals surface area (Å²) in [5.41, 5.74) is 8.19. The summed E-state index contributed by atoms with van der Waals surface area (Å²) >= 11 is 0. The number of carbonyl (C=O) groups is 1. The first-order valence-corrected chi connectivity index (χ1v) is 9.61. The third-order valence-electron chi connectivity index (χ3n) is 5.81. The summed E-state index contributed by atoms with van der Waals surface area (Å²) < 4.78 is 6.26. The van der Waals surface area contributed by atoms with Crippen molar-refractivity contribution in [1.29, 1.82) is 0 Å². The Morgan fingerprint density at radius 3 is 2.93 bits per heavy atom. The average molecular weight is 374 g/mol. The van der Waals surface area contributed by atoms with Gasteiger partial charge in [-0.1, -0.05) is 12.1 Å². The molecule has 0 bridgehead atoms. The standard InChI is InChI=1S/C22H22N4O2/c23-15-5-6-20-17(11-15)19(12-22(28-20)8-2-9-22)26-21(27)25-18-4-1-3-14-13-24-10-7-16(14)18/h1,3-7,10-11,13,19H,2,8-9,12,23H2,(H2,25,26,27). The van der Waals surface area contributed by atoms with Crippen molar-refractivity contribution < 1.29 is 9.53 Å². The van der Waals surface area contributed by atoms with Gasteiger partial charge in [0.05, 0.1) is 11.7 Å². The van der Waals surface area contributed by atoms with Crippen LogP contribution in [0.3, 0.4) is 0 Å². The molecule has 5 rings (SSSR count). The topological polar surface area (TPSA) is 89.3 Å². The summed E-state index contributed by atoms with van der Waals surface area (Å²) in [4.78, 5) is 17.0. The van der Waals surface area contributed by atoms with E-state index >= 15 is 0 Å². The molecule has 2 aromatic carbocycles. The van der Waals surface area contributed by atoms with Crippen LogP contribution < -0.4 is 21.1 Å². The van der Waals surface area contributed by atoms with Crippen LogP contribution >= 0.6 is 0 Å². The molecule has 142 valence electrons. The van der Waals surface area contributed by atoms with E-state index in [4.69, 9.17) is 10.5 Å². The van der Waals surface area contributed by atoms with E-state index in [2.05, 4.69) is 15.6 Å². The lowest BCUT2D eigenvalue weighted by Gasteiger charge is -2.48. The van der Waals surface area contributed by atoms with E-state index in [-0.39, 0.29) is 17.7 Å². The SMILES string of the molecule is Nc1ccc2c(c1)C(NC(=O)Nc1cccc3cnccc13)CC1(CCC1)O2. The highest BCUT2D eigenvalue weighted by molar-refractivity contribution is 6.01. The number of benzene rings is 2. The van der Waals surface area contributed by atoms with Gasteiger partial charge in [0.25, 0.3) is 0 Å². The number of carbonyl (C=O) groups excluding carboxylic acids is 1. The highest BCUT2D eigenvalue weighted by atomic mass is 16.5. The lowest BCUT2D eigenvalue weighted by Crippen LogP contribution is -2.50. The van der Waals surface area contributed by atoms with Crippen molar-refractivity contribution in [2.75, 3.05) is 11.1 Å². The minimum Gasteiger partial charge on any atom is -0.487 e. The third kappa shape index (κ3) is 2.91. The normalized spacial score (nSPS) is 19.4. The van der Waals surface area contributed by atoms with Crippen LogP contribution in [-0.4, -0.2) is 16.6 Å². The van der Waals surface area contributed by atoms with Crippen LogP contribution in [-0.2, 0) is 0 Å². The Morgan fingerprint density at radius 1 is 1.21 bits per heavy atom. The molecular weight excluding hydrogens is 352 g/mol. The first kappa shape index (κ1) is 16.9. The molecule has 0 saturated heterocycles. The second-order valence-corrected chi connectivity index (χ2v) is 7.69. The molecular formula is C22H22N4O2. The molecule has 6 nitrogen and oxygen atoms in total. The molecule has 1 spiro atoms. The fourth-order valence-corrected chi connectivity index (χ4v) is 4.24. The Hall–Kier alpha value is -3.28. The lowest BCUT2D eigenvalue weighted by atomic mass is 9.73. The maximum atomic E-state index is 12.8. The van der Waals surface area contributed by atoms with Crippen LogP contribution in [0.5, 0.6) is 5.75 Å². The number of amides is 2. The van der Waals surface area contributed by atoms with Crippen molar-refractivity contribution in [1.82, 2.24) is 10.3 Å². The smallest absolute Gasteiger partial charge is 0.319 e. The maximum Gasteiger partial charge on any atom is 0.319 e. The second kappa shape index (κ2) is 6.41. The van der Waals surface area contributed by atoms with Gasteiger partial charge in [-0.25, -0.2) is 4.79 Å². The van der Waals surface area contributed by atoms with Gasteiger partial charge in [0.1, 0.15) is 11.4 Å². The molecule has 2 aliphatic rings. The molecule has 1 aromatic heterocycles. The zero-order valence-electron chi connectivity index (χ0n) is 15.4. The van der Waals surface area contributed by atoms with E-state index in [0.29, 0.717) is 5.69 Å². The van der Waals surface area contributed by atoms with Gasteiger partial charge in [-0.05, 0) is 49.6 Å². The van der Waals surface area contributed by atoms with E-state index in [9.17, 15) is 4.79 Å². The van der Waals surface area contributed by atoms with Crippen molar-refractivity contribution in [3.63, 3.8) is 0 Å². The lowest BCUT2D eigenvalue weighted by molar-refractivity contribution is -0.0354. The molecule has 3 aromatic rings. The molecule has 1 aliphatic carbocycles. The summed E-state index contributed by atoms with van der Waals surface area (Å²) in [7, 11) is 0. The molecule has 4 N–H and O–H groups in total. The number of nitrogens with one attached hydrogen (secondary N) is 2. The van der Waals surface area contributed by atoms with Gasteiger partial charge in [0.15, 0.2) is 0 Å². The van der Waals surface area contributed by atoms with Crippen LogP contribution in [0.2, 0.25) is 0 Å². The Bertz CT molecular complexity index is 1060. The zero-order chi connectivity index (χ0) is 19.1. The van der Waals surface area contributed by atoms with Crippen LogP contribution in [0.15, 0.2) is 54.9 Å². The fraction of sp³-hybridized carbons (Fsp3) is 0.273. The number of urea groups is 1. The molecule has 1 aliphatic heterocycles. The summed E-state index contributed by atoms with van der Waals surface area (Å²) in [6.07, 6.45) is 7.48. The molecule has 1 saturated carbocycles. The molecule has 1 unspecified atom stereocenters. The summed E-state index contributed by atoms with van der Waals surface area (Å²) in [6, 6.07) is 13.0. The van der Waals surface area contributed by atoms with Crippen molar-refractivity contribution in [3.8, 4) is 5.75 Å². The van der Waals surface area contributed by atoms with E-state index in [0.717, 1.165) is 53.5 Å². The zero-order valence-corrected chi connectivity index (χ0v) is 15.4. The monoisotopic (exact) mass is 374 g/mol. The Balaban J connectivity index is 1.40. The van der Waals surface area contributed by atoms with Crippen molar-refractivity contribution in [2.45, 2.75) is 37.3 Å². The maximum absolute atomic E-state index is 12.8. The van der Waals surface area contributed by atoms with E-state index in [1.807, 2.05) is 42.5 Å². The quantitative estimate of drug-likeness (QED) is 0.581. The van der Waals surface area contributed by atoms with Crippen molar-refractivity contribution >= 4 is 28.2 Å². The number of rotatable bonds is 2. The Labute approximate surface area is 163 Å². The van der Waals surface area contributed by atoms with Crippen LogP contribution in [0, 0.1) is 0 Å². The molecule has 6 heteroatoms. The molecule has 2 heterocycles. The highest BCUT2D eigenvalue weighted by Crippen LogP contribution is 2.49. The van der Waals surface area contributed by atoms with Gasteiger partial charge in [-0.2, -0.15) is 0 Å². The number of hydrogen-bond donors (Lipinski definition) is 3. The largest absolute Gasteiger partial charge is 0.487 e. The van der Waals surface area contributed by atoms with Gasteiger partial charge < -0.3 is 21.1 Å². The van der Waals surface area contributed by atoms with Gasteiger partial charge in [0.2, 0.25) is 0 Å². The molecule has 1 atom stereocenters. The first-order chi connectivity index (χ1) is 13.6. The molecule has 0 radical (unpaired) electrons. The minimum atomic E-state index is -0.237. The van der Waals surface area contributed by atoms with Crippen molar-refractivity contribution in [2.24, 2.45) is 0 Å². The van der Waals surface area contributed by atoms with E-state index in [1.165, 1.54) is 0 Å². The predicted molar refractivity (Wildman–Crippen MR) is 109 cm³/mol. The summed E-state index contributed by atoms with van der Waals surface area (Å²) in [5.74, 6) is 0.821. The van der Waals surface area contributed by atoms with Gasteiger partial charge in [-0.3, -0.25) is 4.98 Å². The van der Waals surface area contributed by atoms with Gasteiger partial charge in [-0.15, -0.1) is 0 Å². The predicted octanol–water partition coefficient (Wildman–Crippen LogP) is 4.39. The fourth-order valence-electron chi connectivity index (χ4n) is 4.24. The average Bonchev–Trinajstić information content (AvgIpc) is 2.67. The summed E-state index contributed by atoms with van der Waals surface area (Å²) in [5, 5.41) is 8.07. The number of aromatic nitrogens is 1. The number of nitrogens with zero attached hydrogens (tertiary/aromatic N) is 1. The summed E-state index contributed by atoms with van der Waals surface area (Å²) in [6.45, 7) is 0. The Kier molecular flexibility index (Phi) is 3.86. The first-order valence-electron chi connectivity index (χ1n) is 9.61. The molecule has 2 amide bonds. The molecule has 28 heavy (non-hydrogen) atoms. The number of hydrogen-bond acceptors (Lipinski definition) is 4. The number of fused-ring (bicyclic) bond motifs is 2. The second-order valence-electron chi connectivity index (χ2n) is 7.69. The number of nitrogens with two attached hydrogens (primary N) is 1. The number of anilines is 2.